The lowest BCUT2D eigenvalue weighted by Gasteiger charge is -2.27. The summed E-state index contributed by atoms with van der Waals surface area (Å²) in [5.41, 5.74) is 3.88. The van der Waals surface area contributed by atoms with E-state index in [0.717, 1.165) is 19.6 Å². The Balaban J connectivity index is 1.64. The van der Waals surface area contributed by atoms with Gasteiger partial charge in [-0.15, -0.1) is 0 Å². The second kappa shape index (κ2) is 9.43. The Labute approximate surface area is 161 Å². The Bertz CT molecular complexity index is 716. The molecule has 1 atom stereocenters. The van der Waals surface area contributed by atoms with Crippen molar-refractivity contribution in [2.24, 2.45) is 0 Å². The molecule has 0 aromatic heterocycles. The van der Waals surface area contributed by atoms with Gasteiger partial charge in [0.05, 0.1) is 6.10 Å². The summed E-state index contributed by atoms with van der Waals surface area (Å²) in [6, 6.07) is 10.3. The van der Waals surface area contributed by atoms with Crippen molar-refractivity contribution in [1.82, 2.24) is 4.90 Å². The number of benzene rings is 2. The maximum absolute atomic E-state index is 13.8. The van der Waals surface area contributed by atoms with Crippen LogP contribution in [0.3, 0.4) is 0 Å². The SMILES string of the molecule is Cc1cccc(C)c1C(CN1CCCC1)OCCCc1c(F)cccc1F. The van der Waals surface area contributed by atoms with E-state index in [1.54, 1.807) is 0 Å². The smallest absolute Gasteiger partial charge is 0.129 e. The summed E-state index contributed by atoms with van der Waals surface area (Å²) in [6.45, 7) is 7.84. The minimum atomic E-state index is -0.474. The first-order chi connectivity index (χ1) is 13.1. The van der Waals surface area contributed by atoms with E-state index in [-0.39, 0.29) is 11.7 Å². The zero-order valence-corrected chi connectivity index (χ0v) is 16.3. The summed E-state index contributed by atoms with van der Waals surface area (Å²) in [5, 5.41) is 0. The van der Waals surface area contributed by atoms with Crippen LogP contribution in [0.1, 0.15) is 47.6 Å². The van der Waals surface area contributed by atoms with Gasteiger partial charge in [0.2, 0.25) is 0 Å². The van der Waals surface area contributed by atoms with Crippen molar-refractivity contribution in [2.45, 2.75) is 45.6 Å². The number of likely N-dealkylation sites (tertiary alicyclic amines) is 1. The van der Waals surface area contributed by atoms with Gasteiger partial charge in [0.25, 0.3) is 0 Å². The summed E-state index contributed by atoms with van der Waals surface area (Å²) >= 11 is 0. The van der Waals surface area contributed by atoms with Crippen molar-refractivity contribution in [2.75, 3.05) is 26.2 Å². The van der Waals surface area contributed by atoms with Crippen molar-refractivity contribution in [3.8, 4) is 0 Å². The van der Waals surface area contributed by atoms with Crippen LogP contribution in [-0.4, -0.2) is 31.1 Å². The van der Waals surface area contributed by atoms with Gasteiger partial charge >= 0.3 is 0 Å². The van der Waals surface area contributed by atoms with Crippen LogP contribution in [-0.2, 0) is 11.2 Å². The molecule has 0 spiro atoms. The normalized spacial score (nSPS) is 16.0. The maximum Gasteiger partial charge on any atom is 0.129 e. The third-order valence-electron chi connectivity index (χ3n) is 5.44. The average Bonchev–Trinajstić information content (AvgIpc) is 3.13. The molecule has 1 unspecified atom stereocenters. The first-order valence-electron chi connectivity index (χ1n) is 9.89. The lowest BCUT2D eigenvalue weighted by atomic mass is 9.97. The minimum Gasteiger partial charge on any atom is -0.372 e. The van der Waals surface area contributed by atoms with E-state index in [2.05, 4.69) is 36.9 Å². The fourth-order valence-corrected chi connectivity index (χ4v) is 4.01. The summed E-state index contributed by atoms with van der Waals surface area (Å²) in [5.74, 6) is -0.947. The third kappa shape index (κ3) is 5.14. The summed E-state index contributed by atoms with van der Waals surface area (Å²) in [7, 11) is 0. The molecule has 27 heavy (non-hydrogen) atoms. The highest BCUT2D eigenvalue weighted by Crippen LogP contribution is 2.27. The van der Waals surface area contributed by atoms with Crippen molar-refractivity contribution in [3.05, 3.63) is 70.3 Å². The lowest BCUT2D eigenvalue weighted by Crippen LogP contribution is -2.28. The van der Waals surface area contributed by atoms with Crippen LogP contribution in [0.5, 0.6) is 0 Å². The number of halogens is 2. The van der Waals surface area contributed by atoms with E-state index >= 15 is 0 Å². The van der Waals surface area contributed by atoms with E-state index in [4.69, 9.17) is 4.74 Å². The van der Waals surface area contributed by atoms with Gasteiger partial charge in [-0.3, -0.25) is 0 Å². The zero-order chi connectivity index (χ0) is 19.2. The number of hydrogen-bond acceptors (Lipinski definition) is 2. The molecule has 1 saturated heterocycles. The van der Waals surface area contributed by atoms with E-state index in [0.29, 0.717) is 19.4 Å². The molecule has 2 nitrogen and oxygen atoms in total. The highest BCUT2D eigenvalue weighted by Gasteiger charge is 2.22. The second-order valence-corrected chi connectivity index (χ2v) is 7.48. The van der Waals surface area contributed by atoms with Crippen LogP contribution < -0.4 is 0 Å². The molecule has 3 rings (SSSR count). The monoisotopic (exact) mass is 373 g/mol. The lowest BCUT2D eigenvalue weighted by molar-refractivity contribution is 0.0276. The number of ether oxygens (including phenoxy) is 1. The van der Waals surface area contributed by atoms with E-state index < -0.39 is 11.6 Å². The molecule has 1 aliphatic rings. The molecule has 0 saturated carbocycles. The second-order valence-electron chi connectivity index (χ2n) is 7.48. The van der Waals surface area contributed by atoms with Gasteiger partial charge in [0.1, 0.15) is 11.6 Å². The maximum atomic E-state index is 13.8. The molecule has 1 fully saturated rings. The molecule has 1 heterocycles. The van der Waals surface area contributed by atoms with Crippen molar-refractivity contribution in [1.29, 1.82) is 0 Å². The Kier molecular flexibility index (Phi) is 6.97. The number of aryl methyl sites for hydroxylation is 2. The summed E-state index contributed by atoms with van der Waals surface area (Å²) in [4.78, 5) is 2.45. The number of nitrogens with zero attached hydrogens (tertiary/aromatic N) is 1. The Morgan fingerprint density at radius 2 is 1.56 bits per heavy atom. The Morgan fingerprint density at radius 3 is 2.19 bits per heavy atom. The molecule has 146 valence electrons. The molecule has 0 bridgehead atoms. The molecular formula is C23H29F2NO. The molecule has 0 aliphatic carbocycles. The minimum absolute atomic E-state index is 0.00485. The van der Waals surface area contributed by atoms with Gasteiger partial charge in [-0.05, 0) is 81.4 Å². The van der Waals surface area contributed by atoms with Crippen LogP contribution in [0, 0.1) is 25.5 Å². The topological polar surface area (TPSA) is 12.5 Å². The molecule has 4 heteroatoms. The Hall–Kier alpha value is -1.78. The van der Waals surface area contributed by atoms with Crippen LogP contribution in [0.25, 0.3) is 0 Å². The average molecular weight is 373 g/mol. The quantitative estimate of drug-likeness (QED) is 0.577. The fraction of sp³-hybridized carbons (Fsp3) is 0.478. The first-order valence-corrected chi connectivity index (χ1v) is 9.89. The van der Waals surface area contributed by atoms with E-state index in [1.807, 2.05) is 0 Å². The summed E-state index contributed by atoms with van der Waals surface area (Å²) in [6.07, 6.45) is 3.42. The number of rotatable bonds is 8. The van der Waals surface area contributed by atoms with Gasteiger partial charge in [-0.1, -0.05) is 24.3 Å². The van der Waals surface area contributed by atoms with E-state index in [9.17, 15) is 8.78 Å². The van der Waals surface area contributed by atoms with Crippen molar-refractivity contribution >= 4 is 0 Å². The molecule has 1 aliphatic heterocycles. The van der Waals surface area contributed by atoms with Crippen molar-refractivity contribution < 1.29 is 13.5 Å². The molecule has 0 amide bonds. The molecular weight excluding hydrogens is 344 g/mol. The molecule has 0 radical (unpaired) electrons. The van der Waals surface area contributed by atoms with Crippen LogP contribution >= 0.6 is 0 Å². The van der Waals surface area contributed by atoms with Gasteiger partial charge < -0.3 is 9.64 Å². The Morgan fingerprint density at radius 1 is 0.963 bits per heavy atom. The van der Waals surface area contributed by atoms with Crippen LogP contribution in [0.2, 0.25) is 0 Å². The van der Waals surface area contributed by atoms with Crippen LogP contribution in [0.4, 0.5) is 8.78 Å². The molecule has 2 aromatic carbocycles. The molecule has 2 aromatic rings. The fourth-order valence-electron chi connectivity index (χ4n) is 4.01. The highest BCUT2D eigenvalue weighted by molar-refractivity contribution is 5.35. The predicted octanol–water partition coefficient (Wildman–Crippen LogP) is 5.37. The van der Waals surface area contributed by atoms with Gasteiger partial charge in [0, 0.05) is 18.7 Å². The third-order valence-corrected chi connectivity index (χ3v) is 5.44. The van der Waals surface area contributed by atoms with Crippen molar-refractivity contribution in [3.63, 3.8) is 0 Å². The van der Waals surface area contributed by atoms with Gasteiger partial charge in [-0.25, -0.2) is 8.78 Å². The standard InChI is InChI=1S/C23H29F2NO/c1-17-8-5-9-18(2)23(17)22(16-26-13-3-4-14-26)27-15-7-10-19-20(24)11-6-12-21(19)25/h5-6,8-9,11-12,22H,3-4,7,10,13-16H2,1-2H3. The van der Waals surface area contributed by atoms with E-state index in [1.165, 1.54) is 47.7 Å². The van der Waals surface area contributed by atoms with Crippen LogP contribution in [0.15, 0.2) is 36.4 Å². The highest BCUT2D eigenvalue weighted by atomic mass is 19.1. The first kappa shape index (κ1) is 20.0. The molecule has 0 N–H and O–H groups in total. The predicted molar refractivity (Wildman–Crippen MR) is 105 cm³/mol. The largest absolute Gasteiger partial charge is 0.372 e. The van der Waals surface area contributed by atoms with Gasteiger partial charge in [-0.2, -0.15) is 0 Å². The summed E-state index contributed by atoms with van der Waals surface area (Å²) < 4.78 is 33.8. The zero-order valence-electron chi connectivity index (χ0n) is 16.3. The number of hydrogen-bond donors (Lipinski definition) is 0. The van der Waals surface area contributed by atoms with Gasteiger partial charge in [0.15, 0.2) is 0 Å².